The summed E-state index contributed by atoms with van der Waals surface area (Å²) in [6.07, 6.45) is 8.21. The summed E-state index contributed by atoms with van der Waals surface area (Å²) >= 11 is 6.06. The molecule has 2 rings (SSSR count). The molecule has 17 heavy (non-hydrogen) atoms. The van der Waals surface area contributed by atoms with Crippen LogP contribution in [0.3, 0.4) is 0 Å². The van der Waals surface area contributed by atoms with E-state index in [1.165, 1.54) is 25.7 Å². The van der Waals surface area contributed by atoms with Crippen LogP contribution in [0.15, 0.2) is 12.3 Å². The van der Waals surface area contributed by atoms with Crippen LogP contribution in [0.5, 0.6) is 0 Å². The number of nitrogens with one attached hydrogen (secondary N) is 1. The van der Waals surface area contributed by atoms with Gasteiger partial charge in [0.05, 0.1) is 5.56 Å². The molecule has 0 radical (unpaired) electrons. The van der Waals surface area contributed by atoms with E-state index in [0.717, 1.165) is 18.9 Å². The zero-order valence-corrected chi connectivity index (χ0v) is 10.5. The van der Waals surface area contributed by atoms with E-state index in [0.29, 0.717) is 16.4 Å². The largest absolute Gasteiger partial charge is 0.369 e. The molecule has 1 aliphatic carbocycles. The van der Waals surface area contributed by atoms with Gasteiger partial charge in [-0.1, -0.05) is 37.3 Å². The van der Waals surface area contributed by atoms with Gasteiger partial charge in [-0.15, -0.1) is 0 Å². The summed E-state index contributed by atoms with van der Waals surface area (Å²) in [5.41, 5.74) is 0.477. The van der Waals surface area contributed by atoms with Crippen molar-refractivity contribution in [3.63, 3.8) is 0 Å². The van der Waals surface area contributed by atoms with Crippen molar-refractivity contribution in [2.24, 2.45) is 5.92 Å². The number of anilines is 1. The van der Waals surface area contributed by atoms with E-state index in [4.69, 9.17) is 16.9 Å². The fourth-order valence-electron chi connectivity index (χ4n) is 2.35. The second kappa shape index (κ2) is 5.88. The third-order valence-electron chi connectivity index (χ3n) is 3.33. The highest BCUT2D eigenvalue weighted by Crippen LogP contribution is 2.28. The topological polar surface area (TPSA) is 48.7 Å². The van der Waals surface area contributed by atoms with Gasteiger partial charge in [-0.2, -0.15) is 5.26 Å². The number of hydrogen-bond acceptors (Lipinski definition) is 3. The number of nitrogens with zero attached hydrogens (tertiary/aromatic N) is 2. The van der Waals surface area contributed by atoms with Crippen molar-refractivity contribution in [1.29, 1.82) is 5.26 Å². The highest BCUT2D eigenvalue weighted by Gasteiger charge is 2.14. The fourth-order valence-corrected chi connectivity index (χ4v) is 2.57. The zero-order chi connectivity index (χ0) is 12.1. The molecule has 1 aromatic rings. The van der Waals surface area contributed by atoms with E-state index in [2.05, 4.69) is 16.4 Å². The molecule has 3 nitrogen and oxygen atoms in total. The van der Waals surface area contributed by atoms with Crippen LogP contribution in [-0.4, -0.2) is 11.5 Å². The van der Waals surface area contributed by atoms with Gasteiger partial charge >= 0.3 is 0 Å². The Labute approximate surface area is 107 Å². The molecule has 90 valence electrons. The summed E-state index contributed by atoms with van der Waals surface area (Å²) in [4.78, 5) is 4.16. The van der Waals surface area contributed by atoms with Crippen molar-refractivity contribution >= 4 is 17.4 Å². The average molecular weight is 250 g/mol. The molecule has 0 saturated heterocycles. The average Bonchev–Trinajstić information content (AvgIpc) is 2.84. The van der Waals surface area contributed by atoms with Gasteiger partial charge in [0, 0.05) is 12.7 Å². The lowest BCUT2D eigenvalue weighted by atomic mass is 10.0. The fraction of sp³-hybridized carbons (Fsp3) is 0.538. The van der Waals surface area contributed by atoms with Gasteiger partial charge < -0.3 is 5.32 Å². The first-order valence-corrected chi connectivity index (χ1v) is 6.47. The molecule has 0 bridgehead atoms. The lowest BCUT2D eigenvalue weighted by Gasteiger charge is -2.11. The highest BCUT2D eigenvalue weighted by molar-refractivity contribution is 6.34. The Morgan fingerprint density at radius 2 is 2.24 bits per heavy atom. The van der Waals surface area contributed by atoms with Crippen LogP contribution in [0, 0.1) is 17.2 Å². The van der Waals surface area contributed by atoms with Crippen LogP contribution >= 0.6 is 11.6 Å². The molecule has 0 spiro atoms. The normalized spacial score (nSPS) is 15.8. The predicted molar refractivity (Wildman–Crippen MR) is 69.0 cm³/mol. The minimum atomic E-state index is 0.432. The molecule has 1 N–H and O–H groups in total. The molecule has 0 aliphatic heterocycles. The van der Waals surface area contributed by atoms with E-state index in [1.54, 1.807) is 12.3 Å². The first kappa shape index (κ1) is 12.2. The van der Waals surface area contributed by atoms with Crippen molar-refractivity contribution in [3.05, 3.63) is 22.8 Å². The van der Waals surface area contributed by atoms with Crippen molar-refractivity contribution in [2.45, 2.75) is 32.1 Å². The summed E-state index contributed by atoms with van der Waals surface area (Å²) < 4.78 is 0. The number of pyridine rings is 1. The van der Waals surface area contributed by atoms with Gasteiger partial charge in [-0.3, -0.25) is 0 Å². The molecule has 1 heterocycles. The summed E-state index contributed by atoms with van der Waals surface area (Å²) in [5, 5.41) is 12.5. The van der Waals surface area contributed by atoms with Crippen LogP contribution in [0.1, 0.15) is 37.7 Å². The highest BCUT2D eigenvalue weighted by atomic mass is 35.5. The van der Waals surface area contributed by atoms with Gasteiger partial charge in [0.1, 0.15) is 16.9 Å². The molecule has 0 atom stereocenters. The van der Waals surface area contributed by atoms with E-state index in [1.807, 2.05) is 0 Å². The number of rotatable bonds is 4. The maximum absolute atomic E-state index is 8.85. The van der Waals surface area contributed by atoms with E-state index >= 15 is 0 Å². The SMILES string of the molecule is N#Cc1ccnc(NCCC2CCCC2)c1Cl. The lowest BCUT2D eigenvalue weighted by molar-refractivity contribution is 0.518. The van der Waals surface area contributed by atoms with E-state index in [-0.39, 0.29) is 0 Å². The first-order valence-electron chi connectivity index (χ1n) is 6.09. The molecule has 0 aromatic carbocycles. The van der Waals surface area contributed by atoms with Crippen LogP contribution in [0.4, 0.5) is 5.82 Å². The summed E-state index contributed by atoms with van der Waals surface area (Å²) in [6.45, 7) is 0.881. The standard InChI is InChI=1S/C13H16ClN3/c14-12-11(9-15)6-8-17-13(12)16-7-5-10-3-1-2-4-10/h6,8,10H,1-5,7H2,(H,16,17). The van der Waals surface area contributed by atoms with Crippen LogP contribution in [0.2, 0.25) is 5.02 Å². The molecule has 1 aliphatic rings. The minimum Gasteiger partial charge on any atom is -0.369 e. The van der Waals surface area contributed by atoms with Crippen molar-refractivity contribution in [2.75, 3.05) is 11.9 Å². The van der Waals surface area contributed by atoms with Crippen LogP contribution < -0.4 is 5.32 Å². The Kier molecular flexibility index (Phi) is 4.22. The molecule has 0 amide bonds. The smallest absolute Gasteiger partial charge is 0.146 e. The molecule has 1 aromatic heterocycles. The van der Waals surface area contributed by atoms with Gasteiger partial charge in [0.2, 0.25) is 0 Å². The molecule has 0 unspecified atom stereocenters. The lowest BCUT2D eigenvalue weighted by Crippen LogP contribution is -2.08. The van der Waals surface area contributed by atoms with Gasteiger partial charge in [0.15, 0.2) is 0 Å². The molecule has 4 heteroatoms. The molecule has 1 fully saturated rings. The Morgan fingerprint density at radius 3 is 2.94 bits per heavy atom. The molecular weight excluding hydrogens is 234 g/mol. The third-order valence-corrected chi connectivity index (χ3v) is 3.71. The zero-order valence-electron chi connectivity index (χ0n) is 9.75. The number of nitriles is 1. The Balaban J connectivity index is 1.88. The maximum atomic E-state index is 8.85. The summed E-state index contributed by atoms with van der Waals surface area (Å²) in [5.74, 6) is 1.48. The second-order valence-corrected chi connectivity index (χ2v) is 4.88. The third kappa shape index (κ3) is 3.10. The summed E-state index contributed by atoms with van der Waals surface area (Å²) in [7, 11) is 0. The summed E-state index contributed by atoms with van der Waals surface area (Å²) in [6, 6.07) is 3.68. The number of aromatic nitrogens is 1. The van der Waals surface area contributed by atoms with Crippen molar-refractivity contribution in [3.8, 4) is 6.07 Å². The van der Waals surface area contributed by atoms with Gasteiger partial charge in [-0.05, 0) is 18.4 Å². The predicted octanol–water partition coefficient (Wildman–Crippen LogP) is 3.60. The first-order chi connectivity index (χ1) is 8.31. The van der Waals surface area contributed by atoms with Gasteiger partial charge in [-0.25, -0.2) is 4.98 Å². The maximum Gasteiger partial charge on any atom is 0.146 e. The Bertz CT molecular complexity index is 419. The van der Waals surface area contributed by atoms with Gasteiger partial charge in [0.25, 0.3) is 0 Å². The minimum absolute atomic E-state index is 0.432. The van der Waals surface area contributed by atoms with Crippen LogP contribution in [-0.2, 0) is 0 Å². The number of halogens is 1. The van der Waals surface area contributed by atoms with E-state index < -0.39 is 0 Å². The quantitative estimate of drug-likeness (QED) is 0.887. The Hall–Kier alpha value is -1.27. The van der Waals surface area contributed by atoms with Crippen LogP contribution in [0.25, 0.3) is 0 Å². The second-order valence-electron chi connectivity index (χ2n) is 4.50. The van der Waals surface area contributed by atoms with Crippen molar-refractivity contribution < 1.29 is 0 Å². The van der Waals surface area contributed by atoms with Crippen molar-refractivity contribution in [1.82, 2.24) is 4.98 Å². The molecule has 1 saturated carbocycles. The van der Waals surface area contributed by atoms with E-state index in [9.17, 15) is 0 Å². The Morgan fingerprint density at radius 1 is 1.47 bits per heavy atom. The molecular formula is C13H16ClN3. The number of hydrogen-bond donors (Lipinski definition) is 1. The monoisotopic (exact) mass is 249 g/mol.